The van der Waals surface area contributed by atoms with Crippen LogP contribution in [-0.4, -0.2) is 18.1 Å². The lowest BCUT2D eigenvalue weighted by atomic mass is 9.74. The fraction of sp³-hybridized carbons (Fsp3) is 0.161. The summed E-state index contributed by atoms with van der Waals surface area (Å²) in [6.45, 7) is 6.24. The molecule has 1 atom stereocenters. The van der Waals surface area contributed by atoms with Crippen LogP contribution in [0, 0.1) is 0 Å². The maximum Gasteiger partial charge on any atom is 0.194 e. The summed E-state index contributed by atoms with van der Waals surface area (Å²) in [5.74, 6) is 2.52. The van der Waals surface area contributed by atoms with Crippen LogP contribution in [0.3, 0.4) is 0 Å². The molecule has 1 aromatic heterocycles. The normalized spacial score (nSPS) is 17.1. The lowest BCUT2D eigenvalue weighted by Gasteiger charge is -2.44. The van der Waals surface area contributed by atoms with E-state index in [2.05, 4.69) is 96.5 Å². The zero-order valence-electron chi connectivity index (χ0n) is 19.8. The molecule has 2 aliphatic heterocycles. The van der Waals surface area contributed by atoms with Gasteiger partial charge in [-0.05, 0) is 56.3 Å². The highest BCUT2D eigenvalue weighted by atomic mass is 16.5. The molecule has 7 rings (SSSR count). The molecule has 0 bridgehead atoms. The molecule has 4 nitrogen and oxygen atoms in total. The van der Waals surface area contributed by atoms with Crippen molar-refractivity contribution in [2.75, 3.05) is 18.0 Å². The number of ether oxygens (including phenoxy) is 2. The van der Waals surface area contributed by atoms with Crippen molar-refractivity contribution in [3.8, 4) is 28.5 Å². The van der Waals surface area contributed by atoms with Gasteiger partial charge in [0.1, 0.15) is 17.2 Å². The van der Waals surface area contributed by atoms with Crippen LogP contribution in [0.5, 0.6) is 17.2 Å². The number of fused-ring (bicyclic) bond motifs is 10. The topological polar surface area (TPSA) is 37.5 Å². The Morgan fingerprint density at radius 2 is 1.46 bits per heavy atom. The van der Waals surface area contributed by atoms with E-state index < -0.39 is 5.60 Å². The lowest BCUT2D eigenvalue weighted by molar-refractivity contribution is 0.139. The second-order valence-electron chi connectivity index (χ2n) is 9.15. The Morgan fingerprint density at radius 1 is 0.743 bits per heavy atom. The van der Waals surface area contributed by atoms with Crippen molar-refractivity contribution in [3.63, 3.8) is 0 Å². The van der Waals surface area contributed by atoms with Gasteiger partial charge in [-0.1, -0.05) is 48.5 Å². The molecule has 172 valence electrons. The Kier molecular flexibility index (Phi) is 4.28. The minimum Gasteiger partial charge on any atom is -0.472 e. The Hall–Kier alpha value is -4.18. The molecule has 1 spiro atoms. The number of nitrogens with one attached hydrogen (secondary N) is 1. The van der Waals surface area contributed by atoms with E-state index in [4.69, 9.17) is 9.47 Å². The second kappa shape index (κ2) is 7.41. The number of hydrogen-bond acceptors (Lipinski definition) is 3. The predicted octanol–water partition coefficient (Wildman–Crippen LogP) is 7.47. The molecule has 1 unspecified atom stereocenters. The number of rotatable bonds is 3. The van der Waals surface area contributed by atoms with Gasteiger partial charge in [0.2, 0.25) is 0 Å². The predicted molar refractivity (Wildman–Crippen MR) is 141 cm³/mol. The van der Waals surface area contributed by atoms with Crippen LogP contribution in [0.15, 0.2) is 91.0 Å². The Balaban J connectivity index is 1.64. The highest BCUT2D eigenvalue weighted by molar-refractivity contribution is 5.96. The first-order valence-electron chi connectivity index (χ1n) is 12.3. The lowest BCUT2D eigenvalue weighted by Crippen LogP contribution is -2.41. The Bertz CT molecular complexity index is 1600. The van der Waals surface area contributed by atoms with Gasteiger partial charge in [0, 0.05) is 51.9 Å². The van der Waals surface area contributed by atoms with Gasteiger partial charge in [-0.25, -0.2) is 0 Å². The van der Waals surface area contributed by atoms with Crippen molar-refractivity contribution in [2.24, 2.45) is 0 Å². The molecule has 0 saturated carbocycles. The summed E-state index contributed by atoms with van der Waals surface area (Å²) in [6.07, 6.45) is 0. The third-order valence-corrected chi connectivity index (χ3v) is 7.43. The first-order chi connectivity index (χ1) is 17.2. The zero-order valence-corrected chi connectivity index (χ0v) is 19.8. The fourth-order valence-electron chi connectivity index (χ4n) is 5.84. The van der Waals surface area contributed by atoms with Crippen LogP contribution in [0.4, 0.5) is 5.69 Å². The molecule has 2 aliphatic rings. The van der Waals surface area contributed by atoms with Gasteiger partial charge in [0.05, 0.1) is 5.69 Å². The molecule has 35 heavy (non-hydrogen) atoms. The first-order valence-corrected chi connectivity index (χ1v) is 12.3. The number of para-hydroxylation sites is 3. The van der Waals surface area contributed by atoms with Crippen molar-refractivity contribution < 1.29 is 9.47 Å². The maximum atomic E-state index is 7.19. The molecular weight excluding hydrogens is 432 g/mol. The van der Waals surface area contributed by atoms with Gasteiger partial charge in [-0.3, -0.25) is 0 Å². The van der Waals surface area contributed by atoms with Gasteiger partial charge >= 0.3 is 0 Å². The smallest absolute Gasteiger partial charge is 0.194 e. The molecular formula is C31H26N2O2. The summed E-state index contributed by atoms with van der Waals surface area (Å²) in [5.41, 5.74) is 6.78. The SMILES string of the molecule is CCN(CC)c1ccc2c(c1)C1(Oc3ccccc3-c3[nH]c4ccccc4c31)c1ccccc1O2. The molecule has 0 radical (unpaired) electrons. The average Bonchev–Trinajstić information content (AvgIpc) is 3.31. The summed E-state index contributed by atoms with van der Waals surface area (Å²) < 4.78 is 13.7. The monoisotopic (exact) mass is 458 g/mol. The molecule has 0 fully saturated rings. The van der Waals surface area contributed by atoms with Crippen LogP contribution < -0.4 is 14.4 Å². The second-order valence-corrected chi connectivity index (χ2v) is 9.15. The van der Waals surface area contributed by atoms with Crippen molar-refractivity contribution in [1.29, 1.82) is 0 Å². The third-order valence-electron chi connectivity index (χ3n) is 7.43. The van der Waals surface area contributed by atoms with Crippen LogP contribution >= 0.6 is 0 Å². The van der Waals surface area contributed by atoms with E-state index in [1.54, 1.807) is 0 Å². The van der Waals surface area contributed by atoms with Crippen molar-refractivity contribution >= 4 is 16.6 Å². The number of aromatic amines is 1. The molecule has 0 aliphatic carbocycles. The summed E-state index contributed by atoms with van der Waals surface area (Å²) in [6, 6.07) is 31.6. The highest BCUT2D eigenvalue weighted by Crippen LogP contribution is 2.59. The van der Waals surface area contributed by atoms with E-state index in [0.717, 1.165) is 69.2 Å². The van der Waals surface area contributed by atoms with E-state index in [-0.39, 0.29) is 0 Å². The van der Waals surface area contributed by atoms with E-state index in [9.17, 15) is 0 Å². The highest BCUT2D eigenvalue weighted by Gasteiger charge is 2.52. The summed E-state index contributed by atoms with van der Waals surface area (Å²) in [5, 5.41) is 1.16. The number of hydrogen-bond donors (Lipinski definition) is 1. The van der Waals surface area contributed by atoms with Crippen molar-refractivity contribution in [1.82, 2.24) is 4.98 Å². The molecule has 3 heterocycles. The molecule has 0 amide bonds. The summed E-state index contributed by atoms with van der Waals surface area (Å²) in [4.78, 5) is 6.10. The molecule has 0 saturated heterocycles. The van der Waals surface area contributed by atoms with Crippen LogP contribution in [0.2, 0.25) is 0 Å². The van der Waals surface area contributed by atoms with Gasteiger partial charge in [-0.15, -0.1) is 0 Å². The van der Waals surface area contributed by atoms with Gasteiger partial charge in [0.15, 0.2) is 5.60 Å². The van der Waals surface area contributed by atoms with E-state index >= 15 is 0 Å². The largest absolute Gasteiger partial charge is 0.472 e. The number of anilines is 1. The van der Waals surface area contributed by atoms with Crippen molar-refractivity contribution in [2.45, 2.75) is 19.4 Å². The molecule has 4 aromatic carbocycles. The number of benzene rings is 4. The quantitative estimate of drug-likeness (QED) is 0.305. The Labute approximate surface area is 204 Å². The van der Waals surface area contributed by atoms with E-state index in [0.29, 0.717) is 0 Å². The molecule has 1 N–H and O–H groups in total. The minimum absolute atomic E-state index is 0.825. The Morgan fingerprint density at radius 3 is 2.31 bits per heavy atom. The van der Waals surface area contributed by atoms with Gasteiger partial charge < -0.3 is 19.4 Å². The number of aromatic nitrogens is 1. The molecule has 4 heteroatoms. The standard InChI is InChI=1S/C31H26N2O2/c1-3-33(4-2)20-17-18-28-24(19-20)31(23-13-7-10-16-27(23)34-28)29-21-11-5-8-14-25(21)32-30(29)22-12-6-9-15-26(22)35-31/h5-19,32H,3-4H2,1-2H3. The zero-order chi connectivity index (χ0) is 23.6. The first kappa shape index (κ1) is 20.2. The maximum absolute atomic E-state index is 7.19. The van der Waals surface area contributed by atoms with E-state index in [1.165, 1.54) is 5.69 Å². The average molecular weight is 459 g/mol. The van der Waals surface area contributed by atoms with Gasteiger partial charge in [-0.2, -0.15) is 0 Å². The van der Waals surface area contributed by atoms with Crippen LogP contribution in [0.1, 0.15) is 30.5 Å². The van der Waals surface area contributed by atoms with Crippen LogP contribution in [-0.2, 0) is 5.60 Å². The van der Waals surface area contributed by atoms with Crippen LogP contribution in [0.25, 0.3) is 22.2 Å². The summed E-state index contributed by atoms with van der Waals surface area (Å²) >= 11 is 0. The fourth-order valence-corrected chi connectivity index (χ4v) is 5.84. The third kappa shape index (κ3) is 2.68. The van der Waals surface area contributed by atoms with Crippen molar-refractivity contribution in [3.05, 3.63) is 108 Å². The van der Waals surface area contributed by atoms with Gasteiger partial charge in [0.25, 0.3) is 0 Å². The number of H-pyrrole nitrogens is 1. The minimum atomic E-state index is -0.851. The number of nitrogens with zero attached hydrogens (tertiary/aromatic N) is 1. The molecule has 5 aromatic rings. The van der Waals surface area contributed by atoms with E-state index in [1.807, 2.05) is 18.2 Å². The summed E-state index contributed by atoms with van der Waals surface area (Å²) in [7, 11) is 0.